The van der Waals surface area contributed by atoms with E-state index in [0.29, 0.717) is 19.6 Å². The zero-order valence-electron chi connectivity index (χ0n) is 16.6. The lowest BCUT2D eigenvalue weighted by molar-refractivity contribution is -0.136. The lowest BCUT2D eigenvalue weighted by Gasteiger charge is -2.37. The van der Waals surface area contributed by atoms with Gasteiger partial charge >= 0.3 is 0 Å². The number of halogens is 1. The number of fused-ring (bicyclic) bond motifs is 1. The minimum Gasteiger partial charge on any atom is -0.352 e. The van der Waals surface area contributed by atoms with Crippen molar-refractivity contribution in [2.75, 3.05) is 6.54 Å². The Morgan fingerprint density at radius 2 is 1.70 bits per heavy atom. The summed E-state index contributed by atoms with van der Waals surface area (Å²) in [4.78, 5) is 27.0. The maximum absolute atomic E-state index is 13.4. The molecule has 1 unspecified atom stereocenters. The van der Waals surface area contributed by atoms with E-state index in [2.05, 4.69) is 9.88 Å². The van der Waals surface area contributed by atoms with Crippen LogP contribution in [0.2, 0.25) is 0 Å². The topological polar surface area (TPSA) is 54.3 Å². The Morgan fingerprint density at radius 1 is 0.933 bits per heavy atom. The fourth-order valence-electron chi connectivity index (χ4n) is 3.90. The van der Waals surface area contributed by atoms with Gasteiger partial charge in [-0.3, -0.25) is 9.59 Å². The van der Waals surface area contributed by atoms with Crippen molar-refractivity contribution in [1.29, 1.82) is 0 Å². The molecule has 0 radical (unpaired) electrons. The SMILES string of the molecule is O=C(CCC(=O)N1CCn2cccc2C1c1ccc(F)cc1)NCc1ccccc1. The van der Waals surface area contributed by atoms with E-state index >= 15 is 0 Å². The van der Waals surface area contributed by atoms with Crippen molar-refractivity contribution in [3.05, 3.63) is 95.6 Å². The minimum absolute atomic E-state index is 0.0772. The Balaban J connectivity index is 1.42. The molecule has 1 aromatic heterocycles. The van der Waals surface area contributed by atoms with Gasteiger partial charge in [0.1, 0.15) is 5.82 Å². The summed E-state index contributed by atoms with van der Waals surface area (Å²) in [5, 5.41) is 2.86. The van der Waals surface area contributed by atoms with Crippen LogP contribution in [-0.4, -0.2) is 27.8 Å². The molecule has 2 aromatic carbocycles. The third kappa shape index (κ3) is 4.43. The summed E-state index contributed by atoms with van der Waals surface area (Å²) in [5.74, 6) is -0.532. The van der Waals surface area contributed by atoms with Crippen molar-refractivity contribution >= 4 is 11.8 Å². The second-order valence-corrected chi connectivity index (χ2v) is 7.43. The Bertz CT molecular complexity index is 1010. The van der Waals surface area contributed by atoms with E-state index in [4.69, 9.17) is 0 Å². The van der Waals surface area contributed by atoms with Gasteiger partial charge < -0.3 is 14.8 Å². The molecule has 0 spiro atoms. The van der Waals surface area contributed by atoms with Gasteiger partial charge in [-0.2, -0.15) is 0 Å². The van der Waals surface area contributed by atoms with Crippen LogP contribution >= 0.6 is 0 Å². The first kappa shape index (κ1) is 19.9. The molecule has 154 valence electrons. The fraction of sp³-hybridized carbons (Fsp3) is 0.250. The van der Waals surface area contributed by atoms with Gasteiger partial charge in [0.25, 0.3) is 0 Å². The van der Waals surface area contributed by atoms with E-state index in [1.165, 1.54) is 12.1 Å². The van der Waals surface area contributed by atoms with E-state index in [0.717, 1.165) is 16.8 Å². The van der Waals surface area contributed by atoms with Crippen LogP contribution in [-0.2, 0) is 22.7 Å². The summed E-state index contributed by atoms with van der Waals surface area (Å²) in [5.41, 5.74) is 2.87. The predicted molar refractivity (Wildman–Crippen MR) is 112 cm³/mol. The fourth-order valence-corrected chi connectivity index (χ4v) is 3.90. The molecule has 1 aliphatic heterocycles. The number of carbonyl (C=O) groups excluding carboxylic acids is 2. The van der Waals surface area contributed by atoms with Crippen LogP contribution in [0.25, 0.3) is 0 Å². The molecule has 1 atom stereocenters. The molecule has 4 rings (SSSR count). The average Bonchev–Trinajstić information content (AvgIpc) is 3.25. The van der Waals surface area contributed by atoms with E-state index in [-0.39, 0.29) is 36.5 Å². The highest BCUT2D eigenvalue weighted by Crippen LogP contribution is 2.33. The quantitative estimate of drug-likeness (QED) is 0.681. The highest BCUT2D eigenvalue weighted by atomic mass is 19.1. The predicted octanol–water partition coefficient (Wildman–Crippen LogP) is 3.66. The number of nitrogens with one attached hydrogen (secondary N) is 1. The molecule has 2 amide bonds. The summed E-state index contributed by atoms with van der Waals surface area (Å²) >= 11 is 0. The Labute approximate surface area is 175 Å². The van der Waals surface area contributed by atoms with E-state index in [1.807, 2.05) is 48.7 Å². The molecule has 1 N–H and O–H groups in total. The Morgan fingerprint density at radius 3 is 2.47 bits per heavy atom. The smallest absolute Gasteiger partial charge is 0.223 e. The second kappa shape index (κ2) is 8.95. The maximum Gasteiger partial charge on any atom is 0.223 e. The highest BCUT2D eigenvalue weighted by molar-refractivity contribution is 5.84. The van der Waals surface area contributed by atoms with Crippen LogP contribution in [0.3, 0.4) is 0 Å². The van der Waals surface area contributed by atoms with Crippen molar-refractivity contribution in [2.24, 2.45) is 0 Å². The first-order valence-corrected chi connectivity index (χ1v) is 10.1. The van der Waals surface area contributed by atoms with Gasteiger partial charge in [-0.25, -0.2) is 4.39 Å². The van der Waals surface area contributed by atoms with Crippen LogP contribution in [0.4, 0.5) is 4.39 Å². The zero-order valence-corrected chi connectivity index (χ0v) is 16.6. The molecule has 0 aliphatic carbocycles. The monoisotopic (exact) mass is 405 g/mol. The summed E-state index contributed by atoms with van der Waals surface area (Å²) in [6.45, 7) is 1.70. The molecule has 0 fully saturated rings. The average molecular weight is 405 g/mol. The van der Waals surface area contributed by atoms with Gasteiger partial charge in [0.15, 0.2) is 0 Å². The van der Waals surface area contributed by atoms with Gasteiger partial charge in [-0.15, -0.1) is 0 Å². The Kier molecular flexibility index (Phi) is 5.93. The van der Waals surface area contributed by atoms with Gasteiger partial charge in [-0.1, -0.05) is 42.5 Å². The molecular formula is C24H24FN3O2. The van der Waals surface area contributed by atoms with Crippen molar-refractivity contribution in [3.63, 3.8) is 0 Å². The van der Waals surface area contributed by atoms with Crippen molar-refractivity contribution in [3.8, 4) is 0 Å². The van der Waals surface area contributed by atoms with Crippen LogP contribution in [0.15, 0.2) is 72.9 Å². The third-order valence-corrected chi connectivity index (χ3v) is 5.44. The van der Waals surface area contributed by atoms with Crippen LogP contribution in [0.5, 0.6) is 0 Å². The number of rotatable bonds is 6. The molecule has 6 heteroatoms. The molecular weight excluding hydrogens is 381 g/mol. The lowest BCUT2D eigenvalue weighted by Crippen LogP contribution is -2.42. The Hall–Kier alpha value is -3.41. The summed E-state index contributed by atoms with van der Waals surface area (Å²) in [6, 6.07) is 19.6. The number of amides is 2. The standard InChI is InChI=1S/C24H24FN3O2/c25-20-10-8-19(9-11-20)24-21-7-4-14-27(21)15-16-28(24)23(30)13-12-22(29)26-17-18-5-2-1-3-6-18/h1-11,14,24H,12-13,15-17H2,(H,26,29). The van der Waals surface area contributed by atoms with Gasteiger partial charge in [-0.05, 0) is 35.4 Å². The lowest BCUT2D eigenvalue weighted by atomic mass is 9.99. The zero-order chi connectivity index (χ0) is 20.9. The van der Waals surface area contributed by atoms with Crippen molar-refractivity contribution in [1.82, 2.24) is 14.8 Å². The van der Waals surface area contributed by atoms with Gasteiger partial charge in [0.05, 0.1) is 6.04 Å². The number of carbonyl (C=O) groups is 2. The maximum atomic E-state index is 13.4. The van der Waals surface area contributed by atoms with E-state index < -0.39 is 0 Å². The third-order valence-electron chi connectivity index (χ3n) is 5.44. The molecule has 0 saturated heterocycles. The molecule has 0 bridgehead atoms. The molecule has 1 aliphatic rings. The van der Waals surface area contributed by atoms with Crippen LogP contribution in [0.1, 0.15) is 35.7 Å². The molecule has 30 heavy (non-hydrogen) atoms. The molecule has 5 nitrogen and oxygen atoms in total. The second-order valence-electron chi connectivity index (χ2n) is 7.43. The van der Waals surface area contributed by atoms with Gasteiger partial charge in [0, 0.05) is 44.4 Å². The van der Waals surface area contributed by atoms with Gasteiger partial charge in [0.2, 0.25) is 11.8 Å². The number of hydrogen-bond donors (Lipinski definition) is 1. The number of nitrogens with zero attached hydrogens (tertiary/aromatic N) is 2. The first-order chi connectivity index (χ1) is 14.6. The van der Waals surface area contributed by atoms with Crippen molar-refractivity contribution < 1.29 is 14.0 Å². The van der Waals surface area contributed by atoms with E-state index in [9.17, 15) is 14.0 Å². The number of aromatic nitrogens is 1. The normalized spacial score (nSPS) is 15.5. The summed E-state index contributed by atoms with van der Waals surface area (Å²) in [6.07, 6.45) is 2.27. The van der Waals surface area contributed by atoms with Crippen LogP contribution < -0.4 is 5.32 Å². The molecule has 2 heterocycles. The minimum atomic E-state index is -0.307. The van der Waals surface area contributed by atoms with Crippen LogP contribution in [0, 0.1) is 5.82 Å². The van der Waals surface area contributed by atoms with E-state index in [1.54, 1.807) is 17.0 Å². The number of hydrogen-bond acceptors (Lipinski definition) is 2. The highest BCUT2D eigenvalue weighted by Gasteiger charge is 2.32. The van der Waals surface area contributed by atoms with Crippen molar-refractivity contribution in [2.45, 2.75) is 32.0 Å². The molecule has 0 saturated carbocycles. The summed E-state index contributed by atoms with van der Waals surface area (Å²) < 4.78 is 15.5. The molecule has 3 aromatic rings. The summed E-state index contributed by atoms with van der Waals surface area (Å²) in [7, 11) is 0. The first-order valence-electron chi connectivity index (χ1n) is 10.1. The largest absolute Gasteiger partial charge is 0.352 e. The number of benzene rings is 2.